The van der Waals surface area contributed by atoms with Crippen molar-refractivity contribution in [2.24, 2.45) is 11.7 Å². The molecular formula is C15H23ClN2O4. The highest BCUT2D eigenvalue weighted by Gasteiger charge is 2.16. The highest BCUT2D eigenvalue weighted by Crippen LogP contribution is 2.13. The third-order valence-electron chi connectivity index (χ3n) is 3.15. The van der Waals surface area contributed by atoms with E-state index in [1.165, 1.54) is 7.11 Å². The van der Waals surface area contributed by atoms with Crippen LogP contribution < -0.4 is 15.8 Å². The number of hydrogen-bond donors (Lipinski definition) is 2. The standard InChI is InChI=1S/C15H22N2O4.ClH/c1-10(11(2)16)15(19)17-8-12-5-4-6-13(7-12)21-9-14(18)20-3;/h4-7,10-11H,8-9,16H2,1-3H3,(H,17,19);1H. The van der Waals surface area contributed by atoms with Gasteiger partial charge in [0.05, 0.1) is 7.11 Å². The first-order chi connectivity index (χ1) is 9.93. The first-order valence-corrected chi connectivity index (χ1v) is 6.76. The number of nitrogens with one attached hydrogen (secondary N) is 1. The lowest BCUT2D eigenvalue weighted by Crippen LogP contribution is -2.38. The second-order valence-corrected chi connectivity index (χ2v) is 4.88. The summed E-state index contributed by atoms with van der Waals surface area (Å²) in [6, 6.07) is 6.96. The quantitative estimate of drug-likeness (QED) is 0.734. The van der Waals surface area contributed by atoms with Gasteiger partial charge in [0.1, 0.15) is 5.75 Å². The average Bonchev–Trinajstić information content (AvgIpc) is 2.49. The number of halogens is 1. The van der Waals surface area contributed by atoms with E-state index in [9.17, 15) is 9.59 Å². The monoisotopic (exact) mass is 330 g/mol. The molecule has 0 heterocycles. The van der Waals surface area contributed by atoms with Crippen molar-refractivity contribution < 1.29 is 19.1 Å². The molecular weight excluding hydrogens is 308 g/mol. The van der Waals surface area contributed by atoms with Crippen molar-refractivity contribution in [1.29, 1.82) is 0 Å². The van der Waals surface area contributed by atoms with Crippen LogP contribution in [0, 0.1) is 5.92 Å². The Morgan fingerprint density at radius 2 is 2.00 bits per heavy atom. The normalized spacial score (nSPS) is 12.5. The van der Waals surface area contributed by atoms with Crippen LogP contribution in [0.3, 0.4) is 0 Å². The summed E-state index contributed by atoms with van der Waals surface area (Å²) in [4.78, 5) is 22.8. The summed E-state index contributed by atoms with van der Waals surface area (Å²) in [5.41, 5.74) is 6.56. The minimum absolute atomic E-state index is 0. The van der Waals surface area contributed by atoms with Gasteiger partial charge < -0.3 is 20.5 Å². The van der Waals surface area contributed by atoms with Crippen molar-refractivity contribution in [3.05, 3.63) is 29.8 Å². The van der Waals surface area contributed by atoms with Crippen LogP contribution >= 0.6 is 12.4 Å². The van der Waals surface area contributed by atoms with Crippen molar-refractivity contribution >= 4 is 24.3 Å². The summed E-state index contributed by atoms with van der Waals surface area (Å²) in [6.07, 6.45) is 0. The van der Waals surface area contributed by atoms with Crippen LogP contribution in [0.4, 0.5) is 0 Å². The summed E-state index contributed by atoms with van der Waals surface area (Å²) in [6.45, 7) is 3.82. The van der Waals surface area contributed by atoms with Gasteiger partial charge in [0.2, 0.25) is 5.91 Å². The summed E-state index contributed by atoms with van der Waals surface area (Å²) in [7, 11) is 1.30. The third-order valence-corrected chi connectivity index (χ3v) is 3.15. The maximum Gasteiger partial charge on any atom is 0.343 e. The van der Waals surface area contributed by atoms with E-state index in [1.807, 2.05) is 6.07 Å². The number of rotatable bonds is 7. The number of nitrogens with two attached hydrogens (primary N) is 1. The van der Waals surface area contributed by atoms with Gasteiger partial charge in [-0.1, -0.05) is 19.1 Å². The number of amides is 1. The Balaban J connectivity index is 0.00000441. The fourth-order valence-corrected chi connectivity index (χ4v) is 1.54. The zero-order valence-electron chi connectivity index (χ0n) is 13.0. The van der Waals surface area contributed by atoms with Gasteiger partial charge in [-0.3, -0.25) is 4.79 Å². The van der Waals surface area contributed by atoms with Crippen LogP contribution in [0.1, 0.15) is 19.4 Å². The lowest BCUT2D eigenvalue weighted by Gasteiger charge is -2.15. The molecule has 0 aliphatic carbocycles. The molecule has 3 N–H and O–H groups in total. The molecule has 1 rings (SSSR count). The highest BCUT2D eigenvalue weighted by molar-refractivity contribution is 5.85. The SMILES string of the molecule is COC(=O)COc1cccc(CNC(=O)C(C)C(C)N)c1.Cl. The number of hydrogen-bond acceptors (Lipinski definition) is 5. The molecule has 0 fully saturated rings. The van der Waals surface area contributed by atoms with Crippen LogP contribution in [0.5, 0.6) is 5.75 Å². The zero-order valence-corrected chi connectivity index (χ0v) is 13.8. The largest absolute Gasteiger partial charge is 0.482 e. The molecule has 0 radical (unpaired) electrons. The topological polar surface area (TPSA) is 90.6 Å². The smallest absolute Gasteiger partial charge is 0.343 e. The van der Waals surface area contributed by atoms with E-state index < -0.39 is 5.97 Å². The molecule has 0 saturated carbocycles. The molecule has 0 aliphatic heterocycles. The number of carbonyl (C=O) groups excluding carboxylic acids is 2. The minimum atomic E-state index is -0.445. The molecule has 1 amide bonds. The van der Waals surface area contributed by atoms with Gasteiger partial charge in [-0.2, -0.15) is 0 Å². The molecule has 1 aromatic carbocycles. The molecule has 22 heavy (non-hydrogen) atoms. The van der Waals surface area contributed by atoms with E-state index in [0.717, 1.165) is 5.56 Å². The molecule has 0 bridgehead atoms. The second-order valence-electron chi connectivity index (χ2n) is 4.88. The molecule has 0 saturated heterocycles. The van der Waals surface area contributed by atoms with Crippen LogP contribution in [-0.4, -0.2) is 31.6 Å². The Morgan fingerprint density at radius 1 is 1.32 bits per heavy atom. The van der Waals surface area contributed by atoms with Gasteiger partial charge in [-0.25, -0.2) is 4.79 Å². The lowest BCUT2D eigenvalue weighted by molar-refractivity contribution is -0.142. The predicted molar refractivity (Wildman–Crippen MR) is 85.9 cm³/mol. The Kier molecular flexibility index (Phi) is 9.21. The fourth-order valence-electron chi connectivity index (χ4n) is 1.54. The lowest BCUT2D eigenvalue weighted by atomic mass is 10.0. The van der Waals surface area contributed by atoms with E-state index >= 15 is 0 Å². The van der Waals surface area contributed by atoms with Gasteiger partial charge in [-0.15, -0.1) is 12.4 Å². The molecule has 1 aromatic rings. The van der Waals surface area contributed by atoms with Crippen molar-refractivity contribution in [2.45, 2.75) is 26.4 Å². The number of esters is 1. The molecule has 0 aliphatic rings. The van der Waals surface area contributed by atoms with Crippen LogP contribution in [-0.2, 0) is 20.9 Å². The third kappa shape index (κ3) is 6.78. The number of methoxy groups -OCH3 is 1. The highest BCUT2D eigenvalue weighted by atomic mass is 35.5. The van der Waals surface area contributed by atoms with Gasteiger partial charge >= 0.3 is 5.97 Å². The molecule has 6 nitrogen and oxygen atoms in total. The van der Waals surface area contributed by atoms with Crippen LogP contribution in [0.2, 0.25) is 0 Å². The zero-order chi connectivity index (χ0) is 15.8. The Hall–Kier alpha value is -1.79. The number of carbonyl (C=O) groups is 2. The van der Waals surface area contributed by atoms with E-state index in [4.69, 9.17) is 10.5 Å². The molecule has 0 aromatic heterocycles. The first-order valence-electron chi connectivity index (χ1n) is 6.76. The van der Waals surface area contributed by atoms with Gasteiger partial charge in [0.15, 0.2) is 6.61 Å². The molecule has 0 spiro atoms. The molecule has 124 valence electrons. The van der Waals surface area contributed by atoms with Gasteiger partial charge in [0, 0.05) is 18.5 Å². The van der Waals surface area contributed by atoms with Gasteiger partial charge in [0.25, 0.3) is 0 Å². The van der Waals surface area contributed by atoms with E-state index in [2.05, 4.69) is 10.1 Å². The minimum Gasteiger partial charge on any atom is -0.482 e. The Labute approximate surface area is 136 Å². The van der Waals surface area contributed by atoms with Crippen molar-refractivity contribution in [2.75, 3.05) is 13.7 Å². The maximum atomic E-state index is 11.8. The van der Waals surface area contributed by atoms with Crippen LogP contribution in [0.15, 0.2) is 24.3 Å². The summed E-state index contributed by atoms with van der Waals surface area (Å²) >= 11 is 0. The van der Waals surface area contributed by atoms with E-state index in [-0.39, 0.29) is 36.9 Å². The summed E-state index contributed by atoms with van der Waals surface area (Å²) in [5.74, 6) is -0.235. The Bertz CT molecular complexity index is 494. The fraction of sp³-hybridized carbons (Fsp3) is 0.467. The summed E-state index contributed by atoms with van der Waals surface area (Å²) in [5, 5.41) is 2.82. The molecule has 2 atom stereocenters. The number of benzene rings is 1. The second kappa shape index (κ2) is 10.0. The first kappa shape index (κ1) is 20.2. The van der Waals surface area contributed by atoms with Crippen molar-refractivity contribution in [3.8, 4) is 5.75 Å². The Morgan fingerprint density at radius 3 is 2.59 bits per heavy atom. The van der Waals surface area contributed by atoms with E-state index in [1.54, 1.807) is 32.0 Å². The molecule has 7 heteroatoms. The van der Waals surface area contributed by atoms with Gasteiger partial charge in [-0.05, 0) is 24.6 Å². The van der Waals surface area contributed by atoms with Crippen molar-refractivity contribution in [1.82, 2.24) is 5.32 Å². The number of ether oxygens (including phenoxy) is 2. The molecule has 2 unspecified atom stereocenters. The average molecular weight is 331 g/mol. The summed E-state index contributed by atoms with van der Waals surface area (Å²) < 4.78 is 9.78. The predicted octanol–water partition coefficient (Wildman–Crippen LogP) is 1.26. The maximum absolute atomic E-state index is 11.8. The van der Waals surface area contributed by atoms with Crippen LogP contribution in [0.25, 0.3) is 0 Å². The van der Waals surface area contributed by atoms with Crippen molar-refractivity contribution in [3.63, 3.8) is 0 Å². The van der Waals surface area contributed by atoms with E-state index in [0.29, 0.717) is 12.3 Å².